The van der Waals surface area contributed by atoms with E-state index >= 15 is 0 Å². The van der Waals surface area contributed by atoms with Crippen LogP contribution in [0.25, 0.3) is 0 Å². The maximum atomic E-state index is 12.2. The summed E-state index contributed by atoms with van der Waals surface area (Å²) in [6, 6.07) is 11.0. The lowest BCUT2D eigenvalue weighted by Crippen LogP contribution is -2.26. The number of hydrogen-bond donors (Lipinski definition) is 1. The fourth-order valence-corrected chi connectivity index (χ4v) is 2.18. The monoisotopic (exact) mass is 317 g/mol. The summed E-state index contributed by atoms with van der Waals surface area (Å²) in [4.78, 5) is 12.2. The Labute approximate surface area is 136 Å². The highest BCUT2D eigenvalue weighted by atomic mass is 16.5. The van der Waals surface area contributed by atoms with Crippen LogP contribution in [0.1, 0.15) is 48.7 Å². The topological polar surface area (TPSA) is 60.7 Å². The number of rotatable bonds is 7. The molecule has 5 heteroatoms. The third-order valence-corrected chi connectivity index (χ3v) is 3.27. The van der Waals surface area contributed by atoms with E-state index in [0.717, 1.165) is 11.3 Å². The van der Waals surface area contributed by atoms with Crippen molar-refractivity contribution in [3.63, 3.8) is 0 Å². The molecule has 0 fully saturated rings. The molecule has 124 valence electrons. The standard InChI is InChI=1S/C18H23NO4/c1-12(2)22-15-7-5-14(6-8-15)13(3)19-18(20)17-10-9-16(23-17)11-21-4/h5-10,12-13H,11H2,1-4H3,(H,19,20). The predicted molar refractivity (Wildman–Crippen MR) is 87.5 cm³/mol. The third kappa shape index (κ3) is 4.86. The van der Waals surface area contributed by atoms with Gasteiger partial charge >= 0.3 is 0 Å². The van der Waals surface area contributed by atoms with E-state index in [9.17, 15) is 4.79 Å². The molecule has 0 radical (unpaired) electrons. The zero-order chi connectivity index (χ0) is 16.8. The van der Waals surface area contributed by atoms with Crippen molar-refractivity contribution < 1.29 is 18.7 Å². The minimum Gasteiger partial charge on any atom is -0.491 e. The van der Waals surface area contributed by atoms with Crippen LogP contribution >= 0.6 is 0 Å². The van der Waals surface area contributed by atoms with Gasteiger partial charge in [0, 0.05) is 7.11 Å². The van der Waals surface area contributed by atoms with E-state index in [-0.39, 0.29) is 23.8 Å². The van der Waals surface area contributed by atoms with Crippen LogP contribution in [-0.2, 0) is 11.3 Å². The second kappa shape index (κ2) is 7.83. The molecule has 0 aliphatic carbocycles. The van der Waals surface area contributed by atoms with Crippen LogP contribution in [0.4, 0.5) is 0 Å². The summed E-state index contributed by atoms with van der Waals surface area (Å²) in [6.45, 7) is 6.24. The van der Waals surface area contributed by atoms with Crippen molar-refractivity contribution in [2.75, 3.05) is 7.11 Å². The Morgan fingerprint density at radius 3 is 2.43 bits per heavy atom. The van der Waals surface area contributed by atoms with Gasteiger partial charge in [0.05, 0.1) is 12.1 Å². The zero-order valence-corrected chi connectivity index (χ0v) is 14.0. The van der Waals surface area contributed by atoms with Crippen molar-refractivity contribution in [1.29, 1.82) is 0 Å². The molecular weight excluding hydrogens is 294 g/mol. The van der Waals surface area contributed by atoms with Gasteiger partial charge in [0.15, 0.2) is 5.76 Å². The molecule has 1 N–H and O–H groups in total. The van der Waals surface area contributed by atoms with Crippen molar-refractivity contribution in [2.45, 2.75) is 39.5 Å². The number of furan rings is 1. The number of amides is 1. The number of methoxy groups -OCH3 is 1. The van der Waals surface area contributed by atoms with Crippen molar-refractivity contribution in [3.05, 3.63) is 53.5 Å². The van der Waals surface area contributed by atoms with Crippen LogP contribution < -0.4 is 10.1 Å². The molecule has 1 aromatic carbocycles. The zero-order valence-electron chi connectivity index (χ0n) is 14.0. The first-order chi connectivity index (χ1) is 11.0. The average Bonchev–Trinajstić information content (AvgIpc) is 2.96. The summed E-state index contributed by atoms with van der Waals surface area (Å²) in [5, 5.41) is 2.91. The molecule has 0 saturated heterocycles. The van der Waals surface area contributed by atoms with Crippen LogP contribution in [0.15, 0.2) is 40.8 Å². The Kier molecular flexibility index (Phi) is 5.82. The van der Waals surface area contributed by atoms with E-state index in [1.54, 1.807) is 19.2 Å². The van der Waals surface area contributed by atoms with Crippen LogP contribution in [0.2, 0.25) is 0 Å². The maximum Gasteiger partial charge on any atom is 0.287 e. The Morgan fingerprint density at radius 1 is 1.13 bits per heavy atom. The molecule has 0 spiro atoms. The molecule has 0 aliphatic rings. The molecule has 23 heavy (non-hydrogen) atoms. The Balaban J connectivity index is 1.97. The average molecular weight is 317 g/mol. The summed E-state index contributed by atoms with van der Waals surface area (Å²) >= 11 is 0. The first-order valence-corrected chi connectivity index (χ1v) is 7.64. The molecule has 2 rings (SSSR count). The van der Waals surface area contributed by atoms with Crippen LogP contribution in [-0.4, -0.2) is 19.1 Å². The fraction of sp³-hybridized carbons (Fsp3) is 0.389. The van der Waals surface area contributed by atoms with E-state index in [1.807, 2.05) is 45.0 Å². The van der Waals surface area contributed by atoms with Gasteiger partial charge in [-0.3, -0.25) is 4.79 Å². The quantitative estimate of drug-likeness (QED) is 0.846. The third-order valence-electron chi connectivity index (χ3n) is 3.27. The minimum atomic E-state index is -0.248. The number of carbonyl (C=O) groups excluding carboxylic acids is 1. The van der Waals surface area contributed by atoms with Gasteiger partial charge in [-0.1, -0.05) is 12.1 Å². The van der Waals surface area contributed by atoms with Gasteiger partial charge in [0.1, 0.15) is 18.1 Å². The molecule has 1 atom stereocenters. The lowest BCUT2D eigenvalue weighted by Gasteiger charge is -2.15. The lowest BCUT2D eigenvalue weighted by molar-refractivity contribution is 0.0903. The Hall–Kier alpha value is -2.27. The van der Waals surface area contributed by atoms with Gasteiger partial charge in [-0.05, 0) is 50.6 Å². The molecule has 0 saturated carbocycles. The van der Waals surface area contributed by atoms with Gasteiger partial charge in [-0.15, -0.1) is 0 Å². The molecule has 0 aliphatic heterocycles. The van der Waals surface area contributed by atoms with Gasteiger partial charge in [-0.25, -0.2) is 0 Å². The summed E-state index contributed by atoms with van der Waals surface area (Å²) in [6.07, 6.45) is 0.137. The van der Waals surface area contributed by atoms with Gasteiger partial charge < -0.3 is 19.2 Å². The number of benzene rings is 1. The fourth-order valence-electron chi connectivity index (χ4n) is 2.18. The number of hydrogen-bond acceptors (Lipinski definition) is 4. The highest BCUT2D eigenvalue weighted by molar-refractivity contribution is 5.91. The van der Waals surface area contributed by atoms with Gasteiger partial charge in [0.25, 0.3) is 5.91 Å². The second-order valence-electron chi connectivity index (χ2n) is 5.63. The number of ether oxygens (including phenoxy) is 2. The van der Waals surface area contributed by atoms with Gasteiger partial charge in [0.2, 0.25) is 0 Å². The van der Waals surface area contributed by atoms with Crippen molar-refractivity contribution in [3.8, 4) is 5.75 Å². The second-order valence-corrected chi connectivity index (χ2v) is 5.63. The van der Waals surface area contributed by atoms with E-state index < -0.39 is 0 Å². The van der Waals surface area contributed by atoms with Crippen molar-refractivity contribution >= 4 is 5.91 Å². The number of nitrogens with one attached hydrogen (secondary N) is 1. The molecule has 1 unspecified atom stereocenters. The predicted octanol–water partition coefficient (Wildman–Crippen LogP) is 3.70. The highest BCUT2D eigenvalue weighted by Gasteiger charge is 2.15. The number of carbonyl (C=O) groups is 1. The van der Waals surface area contributed by atoms with Crippen LogP contribution in [0.3, 0.4) is 0 Å². The van der Waals surface area contributed by atoms with Crippen LogP contribution in [0.5, 0.6) is 5.75 Å². The van der Waals surface area contributed by atoms with Crippen molar-refractivity contribution in [2.24, 2.45) is 0 Å². The largest absolute Gasteiger partial charge is 0.491 e. The highest BCUT2D eigenvalue weighted by Crippen LogP contribution is 2.19. The Morgan fingerprint density at radius 2 is 1.83 bits per heavy atom. The minimum absolute atomic E-state index is 0.133. The summed E-state index contributed by atoms with van der Waals surface area (Å²) < 4.78 is 16.0. The summed E-state index contributed by atoms with van der Waals surface area (Å²) in [7, 11) is 1.58. The molecule has 2 aromatic rings. The first-order valence-electron chi connectivity index (χ1n) is 7.64. The molecule has 1 amide bonds. The van der Waals surface area contributed by atoms with Crippen molar-refractivity contribution in [1.82, 2.24) is 5.32 Å². The smallest absolute Gasteiger partial charge is 0.287 e. The van der Waals surface area contributed by atoms with Gasteiger partial charge in [-0.2, -0.15) is 0 Å². The normalized spacial score (nSPS) is 12.2. The SMILES string of the molecule is COCc1ccc(C(=O)NC(C)c2ccc(OC(C)C)cc2)o1. The Bertz CT molecular complexity index is 631. The molecule has 0 bridgehead atoms. The molecule has 5 nitrogen and oxygen atoms in total. The molecule has 1 heterocycles. The molecular formula is C18H23NO4. The lowest BCUT2D eigenvalue weighted by atomic mass is 10.1. The maximum absolute atomic E-state index is 12.2. The van der Waals surface area contributed by atoms with E-state index in [1.165, 1.54) is 0 Å². The van der Waals surface area contributed by atoms with Crippen LogP contribution in [0, 0.1) is 0 Å². The van der Waals surface area contributed by atoms with E-state index in [2.05, 4.69) is 5.32 Å². The van der Waals surface area contributed by atoms with E-state index in [4.69, 9.17) is 13.9 Å². The molecule has 1 aromatic heterocycles. The summed E-state index contributed by atoms with van der Waals surface area (Å²) in [5.41, 5.74) is 0.998. The summed E-state index contributed by atoms with van der Waals surface area (Å²) in [5.74, 6) is 1.48. The van der Waals surface area contributed by atoms with E-state index in [0.29, 0.717) is 12.4 Å². The first kappa shape index (κ1) is 17.1.